The highest BCUT2D eigenvalue weighted by Crippen LogP contribution is 2.23. The van der Waals surface area contributed by atoms with Crippen LogP contribution in [0.5, 0.6) is 5.75 Å². The van der Waals surface area contributed by atoms with Crippen LogP contribution in [0.2, 0.25) is 0 Å². The Bertz CT molecular complexity index is 754. The van der Waals surface area contributed by atoms with Crippen molar-refractivity contribution >= 4 is 63.1 Å². The lowest BCUT2D eigenvalue weighted by molar-refractivity contribution is -0.127. The molecule has 0 aliphatic heterocycles. The molecule has 9 heteroatoms. The van der Waals surface area contributed by atoms with Gasteiger partial charge in [-0.1, -0.05) is 22.0 Å². The highest BCUT2D eigenvalue weighted by atomic mass is 127. The molecule has 0 aliphatic carbocycles. The van der Waals surface area contributed by atoms with Crippen LogP contribution in [0.3, 0.4) is 0 Å². The maximum atomic E-state index is 11.9. The van der Waals surface area contributed by atoms with Crippen LogP contribution in [0.15, 0.2) is 45.2 Å². The zero-order valence-electron chi connectivity index (χ0n) is 15.5. The van der Waals surface area contributed by atoms with Gasteiger partial charge in [0, 0.05) is 29.0 Å². The summed E-state index contributed by atoms with van der Waals surface area (Å²) < 4.78 is 6.36. The molecule has 2 rings (SSSR count). The van der Waals surface area contributed by atoms with E-state index in [9.17, 15) is 4.79 Å². The summed E-state index contributed by atoms with van der Waals surface area (Å²) in [6, 6.07) is 9.86. The normalized spacial score (nSPS) is 10.7. The highest BCUT2D eigenvalue weighted by Gasteiger charge is 2.08. The first kappa shape index (κ1) is 23.7. The van der Waals surface area contributed by atoms with E-state index in [1.165, 1.54) is 4.88 Å². The molecule has 1 heterocycles. The number of carbonyl (C=O) groups excluding carboxylic acids is 1. The number of hydrogen-bond acceptors (Lipinski definition) is 4. The van der Waals surface area contributed by atoms with Gasteiger partial charge in [0.2, 0.25) is 5.91 Å². The molecule has 0 fully saturated rings. The van der Waals surface area contributed by atoms with Crippen molar-refractivity contribution in [3.8, 4) is 5.75 Å². The second-order valence-corrected chi connectivity index (χ2v) is 7.64. The van der Waals surface area contributed by atoms with Gasteiger partial charge < -0.3 is 20.3 Å². The molecule has 2 aromatic rings. The molecule has 0 saturated heterocycles. The van der Waals surface area contributed by atoms with Crippen molar-refractivity contribution in [3.05, 3.63) is 50.6 Å². The predicted molar refractivity (Wildman–Crippen MR) is 125 cm³/mol. The smallest absolute Gasteiger partial charge is 0.241 e. The number of ether oxygens (including phenoxy) is 1. The van der Waals surface area contributed by atoms with E-state index in [0.29, 0.717) is 19.0 Å². The number of rotatable bonds is 7. The number of guanidine groups is 1. The Kier molecular flexibility index (Phi) is 10.7. The first-order valence-electron chi connectivity index (χ1n) is 8.06. The fourth-order valence-electron chi connectivity index (χ4n) is 2.11. The van der Waals surface area contributed by atoms with Crippen LogP contribution in [0.4, 0.5) is 0 Å². The van der Waals surface area contributed by atoms with Crippen LogP contribution in [0.25, 0.3) is 0 Å². The van der Waals surface area contributed by atoms with Gasteiger partial charge in [0.25, 0.3) is 0 Å². The molecule has 6 nitrogen and oxygen atoms in total. The summed E-state index contributed by atoms with van der Waals surface area (Å²) >= 11 is 5.14. The van der Waals surface area contributed by atoms with Gasteiger partial charge in [0.1, 0.15) is 5.75 Å². The van der Waals surface area contributed by atoms with Crippen LogP contribution in [-0.4, -0.2) is 44.5 Å². The maximum Gasteiger partial charge on any atom is 0.241 e. The third kappa shape index (κ3) is 8.06. The molecular formula is C18H24BrIN4O2S. The van der Waals surface area contributed by atoms with Crippen LogP contribution in [0.1, 0.15) is 10.4 Å². The lowest BCUT2D eigenvalue weighted by Crippen LogP contribution is -2.42. The maximum absolute atomic E-state index is 11.9. The number of hydrogen-bond donors (Lipinski definition) is 2. The summed E-state index contributed by atoms with van der Waals surface area (Å²) in [7, 11) is 5.10. The molecular weight excluding hydrogens is 543 g/mol. The van der Waals surface area contributed by atoms with Crippen molar-refractivity contribution < 1.29 is 9.53 Å². The molecule has 1 aromatic heterocycles. The van der Waals surface area contributed by atoms with Gasteiger partial charge in [-0.3, -0.25) is 4.79 Å². The fraction of sp³-hybridized carbons (Fsp3) is 0.333. The fourth-order valence-corrected chi connectivity index (χ4v) is 3.16. The first-order valence-corrected chi connectivity index (χ1v) is 9.74. The molecule has 1 aromatic carbocycles. The number of carbonyl (C=O) groups is 1. The van der Waals surface area contributed by atoms with E-state index in [1.807, 2.05) is 29.6 Å². The first-order chi connectivity index (χ1) is 12.5. The average molecular weight is 567 g/mol. The van der Waals surface area contributed by atoms with Crippen molar-refractivity contribution in [2.75, 3.05) is 27.7 Å². The third-order valence-electron chi connectivity index (χ3n) is 3.57. The zero-order valence-corrected chi connectivity index (χ0v) is 20.2. The van der Waals surface area contributed by atoms with Crippen LogP contribution in [0, 0.1) is 0 Å². The molecule has 0 aliphatic rings. The molecule has 1 amide bonds. The van der Waals surface area contributed by atoms with E-state index in [-0.39, 0.29) is 36.4 Å². The van der Waals surface area contributed by atoms with Crippen molar-refractivity contribution in [2.24, 2.45) is 4.99 Å². The summed E-state index contributed by atoms with van der Waals surface area (Å²) in [4.78, 5) is 19.2. The minimum Gasteiger partial charge on any atom is -0.496 e. The second-order valence-electron chi connectivity index (χ2n) is 5.70. The van der Waals surface area contributed by atoms with Crippen molar-refractivity contribution in [2.45, 2.75) is 13.1 Å². The van der Waals surface area contributed by atoms with Gasteiger partial charge in [0.05, 0.1) is 26.7 Å². The lowest BCUT2D eigenvalue weighted by atomic mass is 10.2. The molecule has 0 saturated carbocycles. The van der Waals surface area contributed by atoms with Gasteiger partial charge in [-0.25, -0.2) is 4.99 Å². The van der Waals surface area contributed by atoms with E-state index in [4.69, 9.17) is 4.74 Å². The number of nitrogens with one attached hydrogen (secondary N) is 2. The predicted octanol–water partition coefficient (Wildman–Crippen LogP) is 3.46. The van der Waals surface area contributed by atoms with Crippen molar-refractivity contribution in [1.29, 1.82) is 0 Å². The summed E-state index contributed by atoms with van der Waals surface area (Å²) in [5.74, 6) is 1.34. The number of thiophene rings is 1. The summed E-state index contributed by atoms with van der Waals surface area (Å²) in [5, 5.41) is 8.38. The van der Waals surface area contributed by atoms with E-state index < -0.39 is 0 Å². The Balaban J connectivity index is 0.00000364. The standard InChI is InChI=1S/C18H23BrN4O2S.HI/c1-23(2)17(24)12-22-18(21-11-15-5-4-8-26-15)20-10-13-9-14(19)6-7-16(13)25-3;/h4-9H,10-12H2,1-3H3,(H2,20,21,22);1H. The van der Waals surface area contributed by atoms with Gasteiger partial charge in [0.15, 0.2) is 5.96 Å². The number of aliphatic imine (C=N–C) groups is 1. The number of likely N-dealkylation sites (N-methyl/N-ethyl adjacent to an activating group) is 1. The minimum absolute atomic E-state index is 0. The molecule has 0 unspecified atom stereocenters. The van der Waals surface area contributed by atoms with Crippen molar-refractivity contribution in [1.82, 2.24) is 15.5 Å². The van der Waals surface area contributed by atoms with E-state index >= 15 is 0 Å². The molecule has 0 radical (unpaired) electrons. The lowest BCUT2D eigenvalue weighted by Gasteiger charge is -2.15. The number of nitrogens with zero attached hydrogens (tertiary/aromatic N) is 2. The Morgan fingerprint density at radius 2 is 2.07 bits per heavy atom. The number of methoxy groups -OCH3 is 1. The molecule has 148 valence electrons. The Labute approximate surface area is 189 Å². The number of halogens is 2. The Morgan fingerprint density at radius 3 is 2.70 bits per heavy atom. The largest absolute Gasteiger partial charge is 0.496 e. The zero-order chi connectivity index (χ0) is 18.9. The molecule has 0 atom stereocenters. The van der Waals surface area contributed by atoms with E-state index in [1.54, 1.807) is 37.4 Å². The Hall–Kier alpha value is -1.33. The van der Waals surface area contributed by atoms with Gasteiger partial charge in [-0.05, 0) is 29.6 Å². The van der Waals surface area contributed by atoms with Crippen LogP contribution < -0.4 is 15.4 Å². The topological polar surface area (TPSA) is 66.0 Å². The number of benzene rings is 1. The second kappa shape index (κ2) is 12.2. The quantitative estimate of drug-likeness (QED) is 0.306. The number of amides is 1. The Morgan fingerprint density at radius 1 is 1.30 bits per heavy atom. The van der Waals surface area contributed by atoms with Crippen LogP contribution >= 0.6 is 51.2 Å². The van der Waals surface area contributed by atoms with Gasteiger partial charge in [-0.15, -0.1) is 35.3 Å². The van der Waals surface area contributed by atoms with Gasteiger partial charge in [-0.2, -0.15) is 0 Å². The molecule has 0 spiro atoms. The molecule has 0 bridgehead atoms. The summed E-state index contributed by atoms with van der Waals surface area (Å²) in [6.07, 6.45) is 0. The average Bonchev–Trinajstić information content (AvgIpc) is 3.14. The monoisotopic (exact) mass is 566 g/mol. The highest BCUT2D eigenvalue weighted by molar-refractivity contribution is 14.0. The molecule has 2 N–H and O–H groups in total. The van der Waals surface area contributed by atoms with E-state index in [0.717, 1.165) is 15.8 Å². The summed E-state index contributed by atoms with van der Waals surface area (Å²) in [6.45, 7) is 1.26. The third-order valence-corrected chi connectivity index (χ3v) is 4.94. The van der Waals surface area contributed by atoms with Gasteiger partial charge >= 0.3 is 0 Å². The van der Waals surface area contributed by atoms with Crippen molar-refractivity contribution in [3.63, 3.8) is 0 Å². The summed E-state index contributed by atoms with van der Waals surface area (Å²) in [5.41, 5.74) is 0.957. The van der Waals surface area contributed by atoms with Crippen LogP contribution in [-0.2, 0) is 17.9 Å². The van der Waals surface area contributed by atoms with E-state index in [2.05, 4.69) is 37.6 Å². The SMILES string of the molecule is COc1ccc(Br)cc1CN=C(NCC(=O)N(C)C)NCc1cccs1.I. The minimum atomic E-state index is -0.0179. The molecule has 27 heavy (non-hydrogen) atoms.